The third kappa shape index (κ3) is 2.22. The van der Waals surface area contributed by atoms with Crippen LogP contribution in [0.3, 0.4) is 0 Å². The Balaban J connectivity index is 2.21. The van der Waals surface area contributed by atoms with Gasteiger partial charge in [-0.3, -0.25) is 4.79 Å². The molecule has 82 valence electrons. The maximum Gasteiger partial charge on any atom is 0.177 e. The van der Waals surface area contributed by atoms with Crippen LogP contribution in [0.25, 0.3) is 0 Å². The van der Waals surface area contributed by atoms with Crippen molar-refractivity contribution < 1.29 is 4.79 Å². The van der Waals surface area contributed by atoms with E-state index < -0.39 is 0 Å². The molecule has 0 amide bonds. The summed E-state index contributed by atoms with van der Waals surface area (Å²) in [6.07, 6.45) is 0.508. The summed E-state index contributed by atoms with van der Waals surface area (Å²) in [6, 6.07) is 10.0. The first kappa shape index (κ1) is 11.1. The van der Waals surface area contributed by atoms with Crippen molar-refractivity contribution in [2.24, 2.45) is 0 Å². The monoisotopic (exact) mass is 230 g/mol. The second kappa shape index (κ2) is 4.62. The van der Waals surface area contributed by atoms with Crippen LogP contribution in [0.15, 0.2) is 35.7 Å². The summed E-state index contributed by atoms with van der Waals surface area (Å²) in [7, 11) is 0. The summed E-state index contributed by atoms with van der Waals surface area (Å²) in [6.45, 7) is 4.03. The molecule has 0 N–H and O–H groups in total. The van der Waals surface area contributed by atoms with Gasteiger partial charge >= 0.3 is 0 Å². The van der Waals surface area contributed by atoms with Crippen molar-refractivity contribution in [3.8, 4) is 0 Å². The first-order chi connectivity index (χ1) is 7.68. The number of aryl methyl sites for hydroxylation is 2. The first-order valence-electron chi connectivity index (χ1n) is 5.30. The molecule has 2 aromatic rings. The Morgan fingerprint density at radius 3 is 2.50 bits per heavy atom. The molecule has 0 spiro atoms. The Kier molecular flexibility index (Phi) is 3.20. The van der Waals surface area contributed by atoms with E-state index >= 15 is 0 Å². The van der Waals surface area contributed by atoms with Gasteiger partial charge in [-0.2, -0.15) is 0 Å². The zero-order chi connectivity index (χ0) is 11.5. The lowest BCUT2D eigenvalue weighted by molar-refractivity contribution is 0.0996. The van der Waals surface area contributed by atoms with Crippen molar-refractivity contribution in [3.63, 3.8) is 0 Å². The Morgan fingerprint density at radius 1 is 1.12 bits per heavy atom. The highest BCUT2D eigenvalue weighted by Crippen LogP contribution is 2.19. The lowest BCUT2D eigenvalue weighted by Crippen LogP contribution is -2.04. The van der Waals surface area contributed by atoms with Gasteiger partial charge in [0, 0.05) is 6.42 Å². The van der Waals surface area contributed by atoms with Crippen LogP contribution in [0.5, 0.6) is 0 Å². The SMILES string of the molecule is Cc1ccccc1CC(=O)c1sccc1C. The summed E-state index contributed by atoms with van der Waals surface area (Å²) in [5.74, 6) is 0.224. The van der Waals surface area contributed by atoms with Crippen LogP contribution in [0.1, 0.15) is 26.4 Å². The molecular weight excluding hydrogens is 216 g/mol. The van der Waals surface area contributed by atoms with Gasteiger partial charge in [-0.25, -0.2) is 0 Å². The normalized spacial score (nSPS) is 10.4. The first-order valence-corrected chi connectivity index (χ1v) is 6.18. The highest BCUT2D eigenvalue weighted by atomic mass is 32.1. The van der Waals surface area contributed by atoms with Crippen LogP contribution in [-0.4, -0.2) is 5.78 Å². The second-order valence-electron chi connectivity index (χ2n) is 3.96. The summed E-state index contributed by atoms with van der Waals surface area (Å²) >= 11 is 1.53. The zero-order valence-corrected chi connectivity index (χ0v) is 10.3. The van der Waals surface area contributed by atoms with Gasteiger partial charge in [-0.05, 0) is 42.0 Å². The molecule has 0 fully saturated rings. The minimum atomic E-state index is 0.224. The van der Waals surface area contributed by atoms with Gasteiger partial charge in [0.15, 0.2) is 5.78 Å². The fraction of sp³-hybridized carbons (Fsp3) is 0.214. The van der Waals surface area contributed by atoms with Crippen molar-refractivity contribution >= 4 is 17.1 Å². The number of carbonyl (C=O) groups excluding carboxylic acids is 1. The molecule has 1 aromatic carbocycles. The average Bonchev–Trinajstić information content (AvgIpc) is 2.68. The predicted octanol–water partition coefficient (Wildman–Crippen LogP) is 3.79. The van der Waals surface area contributed by atoms with E-state index in [2.05, 4.69) is 0 Å². The molecule has 1 heterocycles. The van der Waals surface area contributed by atoms with E-state index in [1.54, 1.807) is 0 Å². The molecule has 2 heteroatoms. The lowest BCUT2D eigenvalue weighted by Gasteiger charge is -2.04. The minimum Gasteiger partial charge on any atom is -0.293 e. The van der Waals surface area contributed by atoms with E-state index in [1.165, 1.54) is 16.9 Å². The fourth-order valence-corrected chi connectivity index (χ4v) is 2.59. The summed E-state index contributed by atoms with van der Waals surface area (Å²) < 4.78 is 0. The number of hydrogen-bond donors (Lipinski definition) is 0. The predicted molar refractivity (Wildman–Crippen MR) is 68.3 cm³/mol. The summed E-state index contributed by atoms with van der Waals surface area (Å²) in [4.78, 5) is 13.0. The Bertz CT molecular complexity index is 511. The van der Waals surface area contributed by atoms with Crippen molar-refractivity contribution in [2.45, 2.75) is 20.3 Å². The molecule has 1 aromatic heterocycles. The van der Waals surface area contributed by atoms with Gasteiger partial charge in [0.1, 0.15) is 0 Å². The van der Waals surface area contributed by atoms with Crippen molar-refractivity contribution in [2.75, 3.05) is 0 Å². The van der Waals surface area contributed by atoms with E-state index in [0.29, 0.717) is 6.42 Å². The van der Waals surface area contributed by atoms with Gasteiger partial charge in [-0.15, -0.1) is 11.3 Å². The molecule has 0 unspecified atom stereocenters. The number of thiophene rings is 1. The van der Waals surface area contributed by atoms with E-state index in [1.807, 2.05) is 49.6 Å². The Labute approximate surface area is 99.8 Å². The van der Waals surface area contributed by atoms with Gasteiger partial charge < -0.3 is 0 Å². The van der Waals surface area contributed by atoms with Gasteiger partial charge in [-0.1, -0.05) is 24.3 Å². The smallest absolute Gasteiger partial charge is 0.177 e. The molecule has 0 radical (unpaired) electrons. The number of ketones is 1. The van der Waals surface area contributed by atoms with E-state index in [-0.39, 0.29) is 5.78 Å². The Morgan fingerprint density at radius 2 is 1.88 bits per heavy atom. The van der Waals surface area contributed by atoms with Gasteiger partial charge in [0.05, 0.1) is 4.88 Å². The van der Waals surface area contributed by atoms with E-state index in [4.69, 9.17) is 0 Å². The molecule has 0 atom stereocenters. The van der Waals surface area contributed by atoms with Crippen LogP contribution in [-0.2, 0) is 6.42 Å². The van der Waals surface area contributed by atoms with Crippen LogP contribution in [0.2, 0.25) is 0 Å². The van der Waals surface area contributed by atoms with Crippen molar-refractivity contribution in [1.82, 2.24) is 0 Å². The molecule has 0 aliphatic heterocycles. The number of carbonyl (C=O) groups is 1. The number of hydrogen-bond acceptors (Lipinski definition) is 2. The van der Waals surface area contributed by atoms with Crippen LogP contribution < -0.4 is 0 Å². The quantitative estimate of drug-likeness (QED) is 0.733. The number of Topliss-reactive ketones (excluding diaryl/α,β-unsaturated/α-hetero) is 1. The molecule has 16 heavy (non-hydrogen) atoms. The molecule has 1 nitrogen and oxygen atoms in total. The topological polar surface area (TPSA) is 17.1 Å². The number of rotatable bonds is 3. The maximum absolute atomic E-state index is 12.1. The van der Waals surface area contributed by atoms with Crippen LogP contribution in [0, 0.1) is 13.8 Å². The molecule has 0 saturated heterocycles. The number of benzene rings is 1. The third-order valence-corrected chi connectivity index (χ3v) is 3.79. The highest BCUT2D eigenvalue weighted by molar-refractivity contribution is 7.12. The standard InChI is InChI=1S/C14H14OS/c1-10-5-3-4-6-12(10)9-13(15)14-11(2)7-8-16-14/h3-8H,9H2,1-2H3. The van der Waals surface area contributed by atoms with Gasteiger partial charge in [0.2, 0.25) is 0 Å². The van der Waals surface area contributed by atoms with Crippen molar-refractivity contribution in [1.29, 1.82) is 0 Å². The summed E-state index contributed by atoms with van der Waals surface area (Å²) in [5, 5.41) is 1.97. The van der Waals surface area contributed by atoms with Crippen LogP contribution >= 0.6 is 11.3 Å². The fourth-order valence-electron chi connectivity index (χ4n) is 1.72. The molecule has 0 aliphatic rings. The molecule has 0 saturated carbocycles. The molecular formula is C14H14OS. The Hall–Kier alpha value is -1.41. The zero-order valence-electron chi connectivity index (χ0n) is 9.49. The molecule has 0 aliphatic carbocycles. The van der Waals surface area contributed by atoms with E-state index in [0.717, 1.165) is 16.0 Å². The maximum atomic E-state index is 12.1. The van der Waals surface area contributed by atoms with Crippen molar-refractivity contribution in [3.05, 3.63) is 57.3 Å². The largest absolute Gasteiger partial charge is 0.293 e. The van der Waals surface area contributed by atoms with Gasteiger partial charge in [0.25, 0.3) is 0 Å². The highest BCUT2D eigenvalue weighted by Gasteiger charge is 2.11. The minimum absolute atomic E-state index is 0.224. The summed E-state index contributed by atoms with van der Waals surface area (Å²) in [5.41, 5.74) is 3.40. The molecule has 2 rings (SSSR count). The molecule has 0 bridgehead atoms. The van der Waals surface area contributed by atoms with E-state index in [9.17, 15) is 4.79 Å². The third-order valence-electron chi connectivity index (χ3n) is 2.73. The average molecular weight is 230 g/mol. The lowest BCUT2D eigenvalue weighted by atomic mass is 10.0. The van der Waals surface area contributed by atoms with Crippen LogP contribution in [0.4, 0.5) is 0 Å². The second-order valence-corrected chi connectivity index (χ2v) is 4.88.